The highest BCUT2D eigenvalue weighted by atomic mass is 79.9. The number of alkyl halides is 1. The maximum Gasteiger partial charge on any atom is 0.270 e. The summed E-state index contributed by atoms with van der Waals surface area (Å²) < 4.78 is 13.1. The van der Waals surface area contributed by atoms with Gasteiger partial charge in [0.2, 0.25) is 0 Å². The van der Waals surface area contributed by atoms with Crippen molar-refractivity contribution in [3.8, 4) is 0 Å². The predicted molar refractivity (Wildman–Crippen MR) is 55.9 cm³/mol. The Morgan fingerprint density at radius 2 is 2.29 bits per heavy atom. The van der Waals surface area contributed by atoms with Gasteiger partial charge in [-0.2, -0.15) is 0 Å². The van der Waals surface area contributed by atoms with E-state index < -0.39 is 10.7 Å². The Morgan fingerprint density at radius 1 is 1.57 bits per heavy atom. The molecule has 0 amide bonds. The molecule has 14 heavy (non-hydrogen) atoms. The van der Waals surface area contributed by atoms with Crippen LogP contribution in [-0.2, 0) is 0 Å². The fraction of sp³-hybridized carbons (Fsp3) is 0.111. The topological polar surface area (TPSA) is 43.1 Å². The van der Waals surface area contributed by atoms with Crippen molar-refractivity contribution in [2.75, 3.05) is 5.33 Å². The SMILES string of the molecule is O=[N+]([O-])c1ccc(F)c(C=CCBr)c1. The first-order chi connectivity index (χ1) is 6.65. The molecular weight excluding hydrogens is 253 g/mol. The summed E-state index contributed by atoms with van der Waals surface area (Å²) >= 11 is 3.14. The lowest BCUT2D eigenvalue weighted by atomic mass is 10.2. The average Bonchev–Trinajstić information content (AvgIpc) is 2.16. The van der Waals surface area contributed by atoms with Crippen LogP contribution in [0.5, 0.6) is 0 Å². The van der Waals surface area contributed by atoms with E-state index in [1.54, 1.807) is 6.08 Å². The highest BCUT2D eigenvalue weighted by Gasteiger charge is 2.08. The predicted octanol–water partition coefficient (Wildman–Crippen LogP) is 3.14. The van der Waals surface area contributed by atoms with Crippen LogP contribution in [0.4, 0.5) is 10.1 Å². The van der Waals surface area contributed by atoms with Crippen LogP contribution in [0.25, 0.3) is 6.08 Å². The van der Waals surface area contributed by atoms with E-state index in [1.165, 1.54) is 12.1 Å². The number of hydrogen-bond donors (Lipinski definition) is 0. The third kappa shape index (κ3) is 2.63. The quantitative estimate of drug-likeness (QED) is 0.476. The third-order valence-corrected chi connectivity index (χ3v) is 1.95. The lowest BCUT2D eigenvalue weighted by molar-refractivity contribution is -0.384. The zero-order valence-corrected chi connectivity index (χ0v) is 8.70. The van der Waals surface area contributed by atoms with Gasteiger partial charge in [0.05, 0.1) is 4.92 Å². The Hall–Kier alpha value is -1.23. The number of allylic oxidation sites excluding steroid dienone is 1. The first-order valence-electron chi connectivity index (χ1n) is 3.81. The Bertz CT molecular complexity index is 379. The van der Waals surface area contributed by atoms with Crippen molar-refractivity contribution in [3.05, 3.63) is 45.8 Å². The van der Waals surface area contributed by atoms with Crippen LogP contribution in [0.1, 0.15) is 5.56 Å². The summed E-state index contributed by atoms with van der Waals surface area (Å²) in [5.41, 5.74) is 0.110. The molecule has 1 aromatic rings. The van der Waals surface area contributed by atoms with Crippen LogP contribution in [0.3, 0.4) is 0 Å². The van der Waals surface area contributed by atoms with Gasteiger partial charge in [0.1, 0.15) is 5.82 Å². The first kappa shape index (κ1) is 10.8. The summed E-state index contributed by atoms with van der Waals surface area (Å²) in [5.74, 6) is -0.465. The monoisotopic (exact) mass is 259 g/mol. The Balaban J connectivity index is 3.08. The van der Waals surface area contributed by atoms with Crippen molar-refractivity contribution >= 4 is 27.7 Å². The molecule has 0 heterocycles. The standard InChI is InChI=1S/C9H7BrFNO2/c10-5-1-2-7-6-8(12(13)14)3-4-9(7)11/h1-4,6H,5H2. The van der Waals surface area contributed by atoms with Gasteiger partial charge in [0.25, 0.3) is 5.69 Å². The number of rotatable bonds is 3. The maximum absolute atomic E-state index is 13.1. The molecule has 0 aromatic heterocycles. The molecule has 0 unspecified atom stereocenters. The van der Waals surface area contributed by atoms with Crippen LogP contribution >= 0.6 is 15.9 Å². The molecule has 0 fully saturated rings. The van der Waals surface area contributed by atoms with Crippen molar-refractivity contribution in [1.29, 1.82) is 0 Å². The number of hydrogen-bond acceptors (Lipinski definition) is 2. The minimum Gasteiger partial charge on any atom is -0.258 e. The molecule has 0 aliphatic rings. The fourth-order valence-electron chi connectivity index (χ4n) is 0.944. The van der Waals surface area contributed by atoms with Gasteiger partial charge >= 0.3 is 0 Å². The highest BCUT2D eigenvalue weighted by molar-refractivity contribution is 9.09. The van der Waals surface area contributed by atoms with Crippen molar-refractivity contribution in [2.24, 2.45) is 0 Å². The van der Waals surface area contributed by atoms with Gasteiger partial charge in [-0.1, -0.05) is 28.1 Å². The number of halogens is 2. The second-order valence-electron chi connectivity index (χ2n) is 2.52. The van der Waals surface area contributed by atoms with Crippen LogP contribution in [-0.4, -0.2) is 10.3 Å². The van der Waals surface area contributed by atoms with Crippen molar-refractivity contribution in [3.63, 3.8) is 0 Å². The van der Waals surface area contributed by atoms with E-state index in [0.717, 1.165) is 12.1 Å². The van der Waals surface area contributed by atoms with Crippen molar-refractivity contribution in [2.45, 2.75) is 0 Å². The molecular formula is C9H7BrFNO2. The zero-order valence-electron chi connectivity index (χ0n) is 7.11. The minimum absolute atomic E-state index is 0.111. The van der Waals surface area contributed by atoms with Gasteiger partial charge in [-0.25, -0.2) is 4.39 Å². The van der Waals surface area contributed by atoms with E-state index in [2.05, 4.69) is 15.9 Å². The van der Waals surface area contributed by atoms with E-state index in [0.29, 0.717) is 5.33 Å². The summed E-state index contributed by atoms with van der Waals surface area (Å²) in [5, 5.41) is 11.0. The van der Waals surface area contributed by atoms with Gasteiger partial charge in [-0.3, -0.25) is 10.1 Å². The highest BCUT2D eigenvalue weighted by Crippen LogP contribution is 2.17. The largest absolute Gasteiger partial charge is 0.270 e. The second kappa shape index (κ2) is 4.85. The molecule has 5 heteroatoms. The van der Waals surface area contributed by atoms with Gasteiger partial charge < -0.3 is 0 Å². The smallest absolute Gasteiger partial charge is 0.258 e. The molecule has 0 radical (unpaired) electrons. The molecule has 0 atom stereocenters. The fourth-order valence-corrected chi connectivity index (χ4v) is 1.13. The van der Waals surface area contributed by atoms with Gasteiger partial charge in [0.15, 0.2) is 0 Å². The zero-order chi connectivity index (χ0) is 10.6. The second-order valence-corrected chi connectivity index (χ2v) is 3.17. The average molecular weight is 260 g/mol. The number of nitro groups is 1. The lowest BCUT2D eigenvalue weighted by Gasteiger charge is -1.96. The molecule has 0 spiro atoms. The molecule has 0 N–H and O–H groups in total. The summed E-state index contributed by atoms with van der Waals surface area (Å²) in [6.45, 7) is 0. The maximum atomic E-state index is 13.1. The molecule has 0 saturated carbocycles. The summed E-state index contributed by atoms with van der Waals surface area (Å²) in [6.07, 6.45) is 3.17. The van der Waals surface area contributed by atoms with E-state index in [9.17, 15) is 14.5 Å². The normalized spacial score (nSPS) is 10.7. The third-order valence-electron chi connectivity index (χ3n) is 1.58. The minimum atomic E-state index is -0.551. The van der Waals surface area contributed by atoms with Crippen LogP contribution < -0.4 is 0 Å². The van der Waals surface area contributed by atoms with Crippen molar-refractivity contribution in [1.82, 2.24) is 0 Å². The number of non-ortho nitro benzene ring substituents is 1. The molecule has 0 bridgehead atoms. The van der Waals surface area contributed by atoms with Gasteiger partial charge in [-0.15, -0.1) is 0 Å². The molecule has 3 nitrogen and oxygen atoms in total. The van der Waals surface area contributed by atoms with Crippen LogP contribution in [0.2, 0.25) is 0 Å². The van der Waals surface area contributed by atoms with E-state index in [4.69, 9.17) is 0 Å². The van der Waals surface area contributed by atoms with Crippen molar-refractivity contribution < 1.29 is 9.31 Å². The molecule has 0 aliphatic carbocycles. The molecule has 0 saturated heterocycles. The summed E-state index contributed by atoms with van der Waals surface area (Å²) in [7, 11) is 0. The number of nitrogens with zero attached hydrogens (tertiary/aromatic N) is 1. The van der Waals surface area contributed by atoms with E-state index in [-0.39, 0.29) is 11.3 Å². The molecule has 1 rings (SSSR count). The molecule has 0 aliphatic heterocycles. The number of nitro benzene ring substituents is 1. The summed E-state index contributed by atoms with van der Waals surface area (Å²) in [4.78, 5) is 9.84. The Kier molecular flexibility index (Phi) is 3.76. The Labute approximate surface area is 88.5 Å². The molecule has 1 aromatic carbocycles. The van der Waals surface area contributed by atoms with Gasteiger partial charge in [0, 0.05) is 23.0 Å². The molecule has 74 valence electrons. The van der Waals surface area contributed by atoms with Crippen LogP contribution in [0.15, 0.2) is 24.3 Å². The van der Waals surface area contributed by atoms with E-state index >= 15 is 0 Å². The van der Waals surface area contributed by atoms with Crippen LogP contribution in [0, 0.1) is 15.9 Å². The number of benzene rings is 1. The summed E-state index contributed by atoms with van der Waals surface area (Å²) in [6, 6.07) is 3.43. The lowest BCUT2D eigenvalue weighted by Crippen LogP contribution is -1.90. The first-order valence-corrected chi connectivity index (χ1v) is 4.93. The van der Waals surface area contributed by atoms with E-state index in [1.807, 2.05) is 0 Å². The Morgan fingerprint density at radius 3 is 2.86 bits per heavy atom. The van der Waals surface area contributed by atoms with Gasteiger partial charge in [-0.05, 0) is 6.07 Å².